The monoisotopic (exact) mass is 263 g/mol. The zero-order valence-corrected chi connectivity index (χ0v) is 11.1. The third kappa shape index (κ3) is 1.42. The number of amides is 1. The summed E-state index contributed by atoms with van der Waals surface area (Å²) >= 11 is 0. The van der Waals surface area contributed by atoms with Gasteiger partial charge in [-0.3, -0.25) is 4.79 Å². The zero-order chi connectivity index (χ0) is 13.7. The van der Waals surface area contributed by atoms with Crippen molar-refractivity contribution in [3.63, 3.8) is 0 Å². The fourth-order valence-electron chi connectivity index (χ4n) is 2.83. The summed E-state index contributed by atoms with van der Waals surface area (Å²) in [5.41, 5.74) is 1.76. The van der Waals surface area contributed by atoms with Gasteiger partial charge in [0.05, 0.1) is 12.2 Å². The Morgan fingerprint density at radius 3 is 2.70 bits per heavy atom. The summed E-state index contributed by atoms with van der Waals surface area (Å²) in [7, 11) is 1.94. The minimum atomic E-state index is 0.0554. The van der Waals surface area contributed by atoms with Gasteiger partial charge < -0.3 is 9.47 Å². The summed E-state index contributed by atoms with van der Waals surface area (Å²) in [5.74, 6) is 0.933. The highest BCUT2D eigenvalue weighted by molar-refractivity contribution is 6.24. The Labute approximate surface area is 116 Å². The molecule has 0 atom stereocenters. The van der Waals surface area contributed by atoms with Crippen LogP contribution in [-0.2, 0) is 13.6 Å². The third-order valence-corrected chi connectivity index (χ3v) is 3.87. The predicted molar refractivity (Wildman–Crippen MR) is 77.7 cm³/mol. The molecule has 20 heavy (non-hydrogen) atoms. The first-order valence-corrected chi connectivity index (χ1v) is 6.55. The van der Waals surface area contributed by atoms with E-state index >= 15 is 0 Å². The molecule has 4 heteroatoms. The van der Waals surface area contributed by atoms with Crippen LogP contribution in [0.15, 0.2) is 48.8 Å². The maximum absolute atomic E-state index is 12.6. The molecule has 0 spiro atoms. The summed E-state index contributed by atoms with van der Waals surface area (Å²) in [4.78, 5) is 18.7. The number of carbonyl (C=O) groups excluding carboxylic acids is 1. The molecule has 1 aromatic heterocycles. The zero-order valence-electron chi connectivity index (χ0n) is 11.1. The second-order valence-corrected chi connectivity index (χ2v) is 5.03. The fraction of sp³-hybridized carbons (Fsp3) is 0.125. The lowest BCUT2D eigenvalue weighted by atomic mass is 10.1. The quantitative estimate of drug-likeness (QED) is 0.713. The molecule has 98 valence electrons. The number of aryl methyl sites for hydroxylation is 1. The van der Waals surface area contributed by atoms with Crippen molar-refractivity contribution < 1.29 is 4.79 Å². The molecule has 1 amide bonds. The van der Waals surface area contributed by atoms with Crippen molar-refractivity contribution in [1.82, 2.24) is 9.55 Å². The van der Waals surface area contributed by atoms with E-state index in [2.05, 4.69) is 4.98 Å². The third-order valence-electron chi connectivity index (χ3n) is 3.87. The average Bonchev–Trinajstić information content (AvgIpc) is 2.98. The van der Waals surface area contributed by atoms with Crippen LogP contribution in [0.4, 0.5) is 5.69 Å². The summed E-state index contributed by atoms with van der Waals surface area (Å²) in [6.07, 6.45) is 3.65. The van der Waals surface area contributed by atoms with Crippen LogP contribution in [0, 0.1) is 0 Å². The van der Waals surface area contributed by atoms with Gasteiger partial charge in [-0.05, 0) is 17.5 Å². The van der Waals surface area contributed by atoms with Crippen molar-refractivity contribution in [3.05, 3.63) is 60.2 Å². The topological polar surface area (TPSA) is 38.1 Å². The van der Waals surface area contributed by atoms with E-state index in [1.54, 1.807) is 11.1 Å². The summed E-state index contributed by atoms with van der Waals surface area (Å²) < 4.78 is 1.94. The SMILES string of the molecule is Cn1ccnc1CN1C(=O)c2cccc3cccc1c23. The number of benzene rings is 2. The molecule has 0 bridgehead atoms. The van der Waals surface area contributed by atoms with E-state index in [4.69, 9.17) is 0 Å². The lowest BCUT2D eigenvalue weighted by Crippen LogP contribution is -2.27. The smallest absolute Gasteiger partial charge is 0.259 e. The van der Waals surface area contributed by atoms with Crippen LogP contribution in [0.1, 0.15) is 16.2 Å². The molecule has 0 unspecified atom stereocenters. The Morgan fingerprint density at radius 1 is 1.15 bits per heavy atom. The van der Waals surface area contributed by atoms with Crippen LogP contribution in [0.2, 0.25) is 0 Å². The molecule has 2 heterocycles. The van der Waals surface area contributed by atoms with Gasteiger partial charge in [-0.15, -0.1) is 0 Å². The van der Waals surface area contributed by atoms with E-state index < -0.39 is 0 Å². The van der Waals surface area contributed by atoms with Crippen LogP contribution >= 0.6 is 0 Å². The summed E-state index contributed by atoms with van der Waals surface area (Å²) in [6.45, 7) is 0.496. The van der Waals surface area contributed by atoms with Gasteiger partial charge in [-0.2, -0.15) is 0 Å². The molecule has 0 N–H and O–H groups in total. The Morgan fingerprint density at radius 2 is 1.95 bits per heavy atom. The van der Waals surface area contributed by atoms with Crippen molar-refractivity contribution in [1.29, 1.82) is 0 Å². The van der Waals surface area contributed by atoms with E-state index in [0.29, 0.717) is 6.54 Å². The molecule has 0 fully saturated rings. The largest absolute Gasteiger partial charge is 0.337 e. The first kappa shape index (κ1) is 11.2. The van der Waals surface area contributed by atoms with Crippen LogP contribution in [0.25, 0.3) is 10.8 Å². The van der Waals surface area contributed by atoms with E-state index in [1.807, 2.05) is 54.2 Å². The molecular weight excluding hydrogens is 250 g/mol. The van der Waals surface area contributed by atoms with Gasteiger partial charge in [-0.1, -0.05) is 24.3 Å². The highest BCUT2D eigenvalue weighted by Gasteiger charge is 2.30. The van der Waals surface area contributed by atoms with Gasteiger partial charge in [0, 0.05) is 30.4 Å². The number of rotatable bonds is 2. The molecule has 4 rings (SSSR count). The maximum atomic E-state index is 12.6. The minimum Gasteiger partial charge on any atom is -0.337 e. The molecule has 1 aliphatic rings. The molecule has 0 saturated carbocycles. The van der Waals surface area contributed by atoms with Gasteiger partial charge >= 0.3 is 0 Å². The average molecular weight is 263 g/mol. The first-order chi connectivity index (χ1) is 9.75. The lowest BCUT2D eigenvalue weighted by Gasteiger charge is -2.17. The predicted octanol–water partition coefficient (Wildman–Crippen LogP) is 2.73. The number of aromatic nitrogens is 2. The van der Waals surface area contributed by atoms with Crippen molar-refractivity contribution in [2.45, 2.75) is 6.54 Å². The van der Waals surface area contributed by atoms with Gasteiger partial charge in [0.1, 0.15) is 5.82 Å². The number of imidazole rings is 1. The van der Waals surface area contributed by atoms with Gasteiger partial charge in [-0.25, -0.2) is 4.98 Å². The molecular formula is C16H13N3O. The van der Waals surface area contributed by atoms with Crippen LogP contribution in [0.5, 0.6) is 0 Å². The Balaban J connectivity index is 1.87. The lowest BCUT2D eigenvalue weighted by molar-refractivity contribution is 0.0990. The molecule has 1 aliphatic heterocycles. The number of hydrogen-bond acceptors (Lipinski definition) is 2. The second kappa shape index (κ2) is 3.93. The van der Waals surface area contributed by atoms with Gasteiger partial charge in [0.25, 0.3) is 5.91 Å². The second-order valence-electron chi connectivity index (χ2n) is 5.03. The Bertz CT molecular complexity index is 829. The fourth-order valence-corrected chi connectivity index (χ4v) is 2.83. The molecule has 0 aliphatic carbocycles. The van der Waals surface area contributed by atoms with E-state index in [-0.39, 0.29) is 5.91 Å². The standard InChI is InChI=1S/C16H13N3O/c1-18-9-8-17-14(18)10-19-13-7-3-5-11-4-2-6-12(15(11)13)16(19)20/h2-9H,10H2,1H3. The van der Waals surface area contributed by atoms with Crippen molar-refractivity contribution in [3.8, 4) is 0 Å². The number of nitrogens with zero attached hydrogens (tertiary/aromatic N) is 3. The van der Waals surface area contributed by atoms with Crippen molar-refractivity contribution in [2.24, 2.45) is 7.05 Å². The molecule has 4 nitrogen and oxygen atoms in total. The van der Waals surface area contributed by atoms with Crippen molar-refractivity contribution >= 4 is 22.4 Å². The number of anilines is 1. The molecule has 0 radical (unpaired) electrons. The summed E-state index contributed by atoms with van der Waals surface area (Å²) in [6, 6.07) is 11.9. The van der Waals surface area contributed by atoms with Crippen molar-refractivity contribution in [2.75, 3.05) is 4.90 Å². The normalized spacial score (nSPS) is 13.4. The Hall–Kier alpha value is -2.62. The highest BCUT2D eigenvalue weighted by atomic mass is 16.2. The summed E-state index contributed by atoms with van der Waals surface area (Å²) in [5, 5.41) is 2.16. The number of hydrogen-bond donors (Lipinski definition) is 0. The Kier molecular flexibility index (Phi) is 2.21. The van der Waals surface area contributed by atoms with E-state index in [1.165, 1.54) is 0 Å². The van der Waals surface area contributed by atoms with Crippen LogP contribution in [-0.4, -0.2) is 15.5 Å². The molecule has 3 aromatic rings. The first-order valence-electron chi connectivity index (χ1n) is 6.55. The van der Waals surface area contributed by atoms with E-state index in [0.717, 1.165) is 27.8 Å². The van der Waals surface area contributed by atoms with Gasteiger partial charge in [0.2, 0.25) is 0 Å². The minimum absolute atomic E-state index is 0.0554. The maximum Gasteiger partial charge on any atom is 0.259 e. The molecule has 2 aromatic carbocycles. The number of carbonyl (C=O) groups is 1. The molecule has 0 saturated heterocycles. The van der Waals surface area contributed by atoms with Crippen LogP contribution < -0.4 is 4.90 Å². The van der Waals surface area contributed by atoms with Gasteiger partial charge in [0.15, 0.2) is 0 Å². The highest BCUT2D eigenvalue weighted by Crippen LogP contribution is 2.37. The van der Waals surface area contributed by atoms with Crippen LogP contribution in [0.3, 0.4) is 0 Å². The van der Waals surface area contributed by atoms with E-state index in [9.17, 15) is 4.79 Å².